The van der Waals surface area contributed by atoms with Gasteiger partial charge >= 0.3 is 0 Å². The Kier molecular flexibility index (Phi) is 3.21. The molecule has 3 aromatic heterocycles. The molecule has 7 nitrogen and oxygen atoms in total. The van der Waals surface area contributed by atoms with Crippen molar-refractivity contribution in [2.45, 2.75) is 6.92 Å². The normalized spacial score (nSPS) is 13.3. The lowest BCUT2D eigenvalue weighted by Gasteiger charge is -2.19. The van der Waals surface area contributed by atoms with Crippen LogP contribution in [0.1, 0.15) is 5.82 Å². The first-order valence-corrected chi connectivity index (χ1v) is 8.42. The molecule has 0 radical (unpaired) electrons. The van der Waals surface area contributed by atoms with Crippen molar-refractivity contribution in [3.8, 4) is 28.4 Å². The summed E-state index contributed by atoms with van der Waals surface area (Å²) in [6.45, 7) is 3.11. The lowest BCUT2D eigenvalue weighted by molar-refractivity contribution is 0.171. The molecule has 1 aromatic carbocycles. The number of rotatable bonds is 2. The van der Waals surface area contributed by atoms with Crippen LogP contribution in [0.5, 0.6) is 11.5 Å². The fourth-order valence-electron chi connectivity index (χ4n) is 3.26. The zero-order valence-electron chi connectivity index (χ0n) is 14.5. The van der Waals surface area contributed by atoms with Crippen LogP contribution in [0, 0.1) is 6.92 Å². The van der Waals surface area contributed by atoms with Crippen molar-refractivity contribution in [2.24, 2.45) is 7.05 Å². The van der Waals surface area contributed by atoms with Gasteiger partial charge in [0.25, 0.3) is 0 Å². The maximum atomic E-state index is 5.70. The van der Waals surface area contributed by atoms with Gasteiger partial charge in [-0.3, -0.25) is 4.57 Å². The molecule has 4 heterocycles. The van der Waals surface area contributed by atoms with Crippen LogP contribution in [0.25, 0.3) is 28.1 Å². The molecule has 0 atom stereocenters. The van der Waals surface area contributed by atoms with Gasteiger partial charge in [0, 0.05) is 31.1 Å². The van der Waals surface area contributed by atoms with Gasteiger partial charge in [0.15, 0.2) is 17.1 Å². The third-order valence-corrected chi connectivity index (χ3v) is 4.45. The fraction of sp³-hybridized carbons (Fsp3) is 0.211. The van der Waals surface area contributed by atoms with Crippen LogP contribution in [0.2, 0.25) is 0 Å². The van der Waals surface area contributed by atoms with Gasteiger partial charge in [-0.25, -0.2) is 15.0 Å². The Labute approximate surface area is 149 Å². The van der Waals surface area contributed by atoms with Gasteiger partial charge in [0.1, 0.15) is 24.6 Å². The summed E-state index contributed by atoms with van der Waals surface area (Å²) in [4.78, 5) is 13.7. The molecule has 5 rings (SSSR count). The maximum Gasteiger partial charge on any atom is 0.164 e. The lowest BCUT2D eigenvalue weighted by Crippen LogP contribution is -2.15. The van der Waals surface area contributed by atoms with Crippen LogP contribution in [0.15, 0.2) is 43.0 Å². The smallest absolute Gasteiger partial charge is 0.164 e. The molecular formula is C19H17N5O2. The van der Waals surface area contributed by atoms with E-state index >= 15 is 0 Å². The van der Waals surface area contributed by atoms with E-state index in [0.717, 1.165) is 45.4 Å². The van der Waals surface area contributed by atoms with Crippen LogP contribution in [0.4, 0.5) is 0 Å². The Balaban J connectivity index is 1.63. The van der Waals surface area contributed by atoms with Crippen molar-refractivity contribution in [1.82, 2.24) is 24.1 Å². The largest absolute Gasteiger partial charge is 0.486 e. The van der Waals surface area contributed by atoms with Gasteiger partial charge in [-0.1, -0.05) is 0 Å². The van der Waals surface area contributed by atoms with E-state index in [4.69, 9.17) is 9.47 Å². The molecule has 7 heteroatoms. The third kappa shape index (κ3) is 2.32. The summed E-state index contributed by atoms with van der Waals surface area (Å²) >= 11 is 0. The monoisotopic (exact) mass is 347 g/mol. The fourth-order valence-corrected chi connectivity index (χ4v) is 3.26. The third-order valence-electron chi connectivity index (χ3n) is 4.45. The van der Waals surface area contributed by atoms with Crippen molar-refractivity contribution < 1.29 is 9.47 Å². The molecule has 0 unspecified atom stereocenters. The highest BCUT2D eigenvalue weighted by Crippen LogP contribution is 2.33. The highest BCUT2D eigenvalue weighted by Gasteiger charge is 2.16. The van der Waals surface area contributed by atoms with Gasteiger partial charge in [-0.2, -0.15) is 0 Å². The minimum Gasteiger partial charge on any atom is -0.486 e. The topological polar surface area (TPSA) is 67.0 Å². The standard InChI is InChI=1S/C19H17N5O2/c1-12-22-15-7-13(16-10-23(2)11-21-16)9-20-19(15)24(12)14-3-4-17-18(8-14)26-6-5-25-17/h3-4,7-11H,5-6H2,1-2H3. The van der Waals surface area contributed by atoms with Crippen LogP contribution < -0.4 is 9.47 Å². The first-order valence-electron chi connectivity index (χ1n) is 8.42. The van der Waals surface area contributed by atoms with E-state index in [0.29, 0.717) is 13.2 Å². The van der Waals surface area contributed by atoms with Crippen molar-refractivity contribution in [2.75, 3.05) is 13.2 Å². The molecule has 0 saturated carbocycles. The van der Waals surface area contributed by atoms with Crippen molar-refractivity contribution in [3.05, 3.63) is 48.8 Å². The summed E-state index contributed by atoms with van der Waals surface area (Å²) in [7, 11) is 1.95. The van der Waals surface area contributed by atoms with E-state index in [9.17, 15) is 0 Å². The average molecular weight is 347 g/mol. The summed E-state index contributed by atoms with van der Waals surface area (Å²) in [6, 6.07) is 7.91. The summed E-state index contributed by atoms with van der Waals surface area (Å²) in [5.74, 6) is 2.38. The Bertz CT molecular complexity index is 1130. The number of benzene rings is 1. The van der Waals surface area contributed by atoms with E-state index in [-0.39, 0.29) is 0 Å². The Hall–Kier alpha value is -3.35. The average Bonchev–Trinajstić information content (AvgIpc) is 3.23. The molecule has 1 aliphatic rings. The number of nitrogens with zero attached hydrogens (tertiary/aromatic N) is 5. The van der Waals surface area contributed by atoms with Crippen LogP contribution in [0.3, 0.4) is 0 Å². The first kappa shape index (κ1) is 14.9. The minimum absolute atomic E-state index is 0.561. The molecule has 0 bridgehead atoms. The van der Waals surface area contributed by atoms with E-state index < -0.39 is 0 Å². The van der Waals surface area contributed by atoms with Gasteiger partial charge in [0.05, 0.1) is 17.7 Å². The maximum absolute atomic E-state index is 5.70. The Morgan fingerprint density at radius 3 is 2.69 bits per heavy atom. The molecule has 0 spiro atoms. The molecule has 0 fully saturated rings. The number of hydrogen-bond acceptors (Lipinski definition) is 5. The van der Waals surface area contributed by atoms with Crippen molar-refractivity contribution >= 4 is 11.2 Å². The molecule has 4 aromatic rings. The number of fused-ring (bicyclic) bond motifs is 2. The van der Waals surface area contributed by atoms with Crippen molar-refractivity contribution in [3.63, 3.8) is 0 Å². The first-order chi connectivity index (χ1) is 12.7. The van der Waals surface area contributed by atoms with E-state index in [1.54, 1.807) is 6.33 Å². The van der Waals surface area contributed by atoms with Gasteiger partial charge in [-0.15, -0.1) is 0 Å². The number of pyridine rings is 1. The highest BCUT2D eigenvalue weighted by atomic mass is 16.6. The predicted octanol–water partition coefficient (Wildman–Crippen LogP) is 2.90. The number of hydrogen-bond donors (Lipinski definition) is 0. The van der Waals surface area contributed by atoms with Gasteiger partial charge in [0.2, 0.25) is 0 Å². The zero-order chi connectivity index (χ0) is 17.7. The van der Waals surface area contributed by atoms with Gasteiger partial charge in [-0.05, 0) is 25.1 Å². The summed E-state index contributed by atoms with van der Waals surface area (Å²) in [5, 5.41) is 0. The SMILES string of the molecule is Cc1nc2cc(-c3cn(C)cn3)cnc2n1-c1ccc2c(c1)OCCO2. The van der Waals surface area contributed by atoms with Crippen LogP contribution in [-0.2, 0) is 7.05 Å². The number of ether oxygens (including phenoxy) is 2. The molecule has 0 amide bonds. The number of aromatic nitrogens is 5. The molecule has 1 aliphatic heterocycles. The highest BCUT2D eigenvalue weighted by molar-refractivity contribution is 5.79. The Morgan fingerprint density at radius 2 is 1.88 bits per heavy atom. The van der Waals surface area contributed by atoms with E-state index in [1.165, 1.54) is 0 Å². The van der Waals surface area contributed by atoms with Crippen LogP contribution >= 0.6 is 0 Å². The molecule has 0 saturated heterocycles. The van der Waals surface area contributed by atoms with E-state index in [2.05, 4.69) is 15.0 Å². The minimum atomic E-state index is 0.561. The molecule has 0 aliphatic carbocycles. The zero-order valence-corrected chi connectivity index (χ0v) is 14.5. The lowest BCUT2D eigenvalue weighted by atomic mass is 10.2. The van der Waals surface area contributed by atoms with Crippen LogP contribution in [-0.4, -0.2) is 37.3 Å². The quantitative estimate of drug-likeness (QED) is 0.558. The second-order valence-electron chi connectivity index (χ2n) is 6.31. The predicted molar refractivity (Wildman–Crippen MR) is 96.8 cm³/mol. The molecular weight excluding hydrogens is 330 g/mol. The van der Waals surface area contributed by atoms with Gasteiger partial charge < -0.3 is 14.0 Å². The van der Waals surface area contributed by atoms with E-state index in [1.807, 2.05) is 59.8 Å². The summed E-state index contributed by atoms with van der Waals surface area (Å²) in [6.07, 6.45) is 5.58. The summed E-state index contributed by atoms with van der Waals surface area (Å²) < 4.78 is 15.2. The molecule has 0 N–H and O–H groups in total. The summed E-state index contributed by atoms with van der Waals surface area (Å²) in [5.41, 5.74) is 4.42. The number of aryl methyl sites for hydroxylation is 2. The van der Waals surface area contributed by atoms with Crippen molar-refractivity contribution in [1.29, 1.82) is 0 Å². The molecule has 130 valence electrons. The second-order valence-corrected chi connectivity index (χ2v) is 6.31. The molecule has 26 heavy (non-hydrogen) atoms. The number of imidazole rings is 2. The Morgan fingerprint density at radius 1 is 1.04 bits per heavy atom. The second kappa shape index (κ2) is 5.59.